The number of hydrogen-bond donors (Lipinski definition) is 1. The summed E-state index contributed by atoms with van der Waals surface area (Å²) in [6.45, 7) is 5.44. The van der Waals surface area contributed by atoms with E-state index < -0.39 is 28.5 Å². The number of anilines is 1. The first kappa shape index (κ1) is 31.8. The minimum absolute atomic E-state index is 0.0566. The van der Waals surface area contributed by atoms with Crippen LogP contribution in [0.2, 0.25) is 5.02 Å². The van der Waals surface area contributed by atoms with Crippen LogP contribution in [0.5, 0.6) is 0 Å². The number of benzene rings is 2. The van der Waals surface area contributed by atoms with Gasteiger partial charge in [0.15, 0.2) is 0 Å². The van der Waals surface area contributed by atoms with E-state index in [0.717, 1.165) is 34.7 Å². The van der Waals surface area contributed by atoms with Gasteiger partial charge in [-0.05, 0) is 111 Å². The normalized spacial score (nSPS) is 25.7. The summed E-state index contributed by atoms with van der Waals surface area (Å²) in [7, 11) is -3.80. The van der Waals surface area contributed by atoms with Gasteiger partial charge < -0.3 is 10.2 Å². The molecule has 0 aromatic heterocycles. The van der Waals surface area contributed by atoms with Crippen LogP contribution < -0.4 is 9.62 Å². The molecule has 9 heteroatoms. The molecule has 2 aromatic rings. The van der Waals surface area contributed by atoms with Crippen LogP contribution in [0.15, 0.2) is 48.5 Å². The molecule has 43 heavy (non-hydrogen) atoms. The van der Waals surface area contributed by atoms with Crippen LogP contribution >= 0.6 is 11.6 Å². The van der Waals surface area contributed by atoms with Crippen LogP contribution in [0, 0.1) is 17.8 Å². The fourth-order valence-corrected chi connectivity index (χ4v) is 9.28. The maximum absolute atomic E-state index is 14.0. The highest BCUT2D eigenvalue weighted by Gasteiger charge is 2.51. The van der Waals surface area contributed by atoms with Gasteiger partial charge in [-0.25, -0.2) is 8.42 Å². The van der Waals surface area contributed by atoms with Crippen molar-refractivity contribution in [2.24, 2.45) is 17.8 Å². The number of sulfonamides is 1. The summed E-state index contributed by atoms with van der Waals surface area (Å²) < 4.78 is 27.4. The van der Waals surface area contributed by atoms with Crippen molar-refractivity contribution in [2.45, 2.75) is 96.2 Å². The highest BCUT2D eigenvalue weighted by atomic mass is 35.5. The van der Waals surface area contributed by atoms with Crippen molar-refractivity contribution in [1.82, 2.24) is 10.2 Å². The number of nitrogens with zero attached hydrogens (tertiary/aromatic N) is 2. The van der Waals surface area contributed by atoms with Crippen molar-refractivity contribution < 1.29 is 18.0 Å². The van der Waals surface area contributed by atoms with E-state index in [1.54, 1.807) is 6.07 Å². The lowest BCUT2D eigenvalue weighted by Gasteiger charge is -2.57. The summed E-state index contributed by atoms with van der Waals surface area (Å²) in [5.74, 6) is 1.71. The molecule has 2 aromatic carbocycles. The molecular weight excluding hydrogens is 582 g/mol. The van der Waals surface area contributed by atoms with Crippen molar-refractivity contribution in [3.8, 4) is 0 Å². The second kappa shape index (κ2) is 12.8. The topological polar surface area (TPSA) is 86.8 Å². The second-order valence-electron chi connectivity index (χ2n) is 13.4. The Balaban J connectivity index is 1.41. The Labute approximate surface area is 262 Å². The number of carbonyl (C=O) groups is 2. The van der Waals surface area contributed by atoms with Crippen molar-refractivity contribution in [1.29, 1.82) is 0 Å². The zero-order valence-electron chi connectivity index (χ0n) is 25.9. The summed E-state index contributed by atoms with van der Waals surface area (Å²) in [6, 6.07) is 14.2. The van der Waals surface area contributed by atoms with Crippen LogP contribution in [0.25, 0.3) is 0 Å². The van der Waals surface area contributed by atoms with Crippen LogP contribution in [0.1, 0.15) is 83.3 Å². The lowest BCUT2D eigenvalue weighted by Crippen LogP contribution is -2.53. The van der Waals surface area contributed by atoms with Gasteiger partial charge in [-0.15, -0.1) is 0 Å². The Hall–Kier alpha value is -2.58. The Morgan fingerprint density at radius 3 is 2.05 bits per heavy atom. The first-order chi connectivity index (χ1) is 20.4. The molecule has 234 valence electrons. The molecule has 2 atom stereocenters. The highest BCUT2D eigenvalue weighted by Crippen LogP contribution is 2.60. The van der Waals surface area contributed by atoms with Gasteiger partial charge in [0, 0.05) is 17.6 Å². The number of amides is 2. The average molecular weight is 628 g/mol. The molecule has 4 fully saturated rings. The van der Waals surface area contributed by atoms with Gasteiger partial charge in [-0.3, -0.25) is 13.9 Å². The smallest absolute Gasteiger partial charge is 0.244 e. The summed E-state index contributed by atoms with van der Waals surface area (Å²) >= 11 is 6.46. The minimum atomic E-state index is -3.80. The molecule has 4 bridgehead atoms. The van der Waals surface area contributed by atoms with Crippen molar-refractivity contribution >= 4 is 39.1 Å². The van der Waals surface area contributed by atoms with Gasteiger partial charge >= 0.3 is 0 Å². The lowest BCUT2D eigenvalue weighted by molar-refractivity contribution is -0.140. The van der Waals surface area contributed by atoms with Gasteiger partial charge in [0.25, 0.3) is 0 Å². The van der Waals surface area contributed by atoms with E-state index in [1.165, 1.54) is 49.0 Å². The third-order valence-corrected chi connectivity index (χ3v) is 11.7. The van der Waals surface area contributed by atoms with Crippen LogP contribution in [-0.4, -0.2) is 50.0 Å². The first-order valence-corrected chi connectivity index (χ1v) is 18.1. The van der Waals surface area contributed by atoms with Gasteiger partial charge in [0.1, 0.15) is 12.6 Å². The number of carbonyl (C=O) groups excluding carboxylic acids is 2. The SMILES string of the molecule is CC[C@@H](C)NC(=O)[C@H](CC)N(Cc1ccccc1Cl)C(=O)CN(c1ccc(C23CC4CC(CC(C4)C2)C3)cc1)S(C)(=O)=O. The lowest BCUT2D eigenvalue weighted by atomic mass is 9.48. The van der Waals surface area contributed by atoms with Crippen LogP contribution in [-0.2, 0) is 31.6 Å². The quantitative estimate of drug-likeness (QED) is 0.299. The largest absolute Gasteiger partial charge is 0.352 e. The summed E-state index contributed by atoms with van der Waals surface area (Å²) in [5, 5.41) is 3.48. The van der Waals surface area contributed by atoms with Gasteiger partial charge in [0.05, 0.1) is 11.9 Å². The number of nitrogens with one attached hydrogen (secondary N) is 1. The van der Waals surface area contributed by atoms with Crippen molar-refractivity contribution in [3.63, 3.8) is 0 Å². The fourth-order valence-electron chi connectivity index (χ4n) is 8.23. The van der Waals surface area contributed by atoms with E-state index in [1.807, 2.05) is 51.1 Å². The van der Waals surface area contributed by atoms with E-state index in [2.05, 4.69) is 17.4 Å². The molecule has 6 rings (SSSR count). The molecule has 1 N–H and O–H groups in total. The fraction of sp³-hybridized carbons (Fsp3) is 0.588. The maximum Gasteiger partial charge on any atom is 0.244 e. The molecule has 2 amide bonds. The molecule has 4 aliphatic carbocycles. The van der Waals surface area contributed by atoms with Gasteiger partial charge in [0.2, 0.25) is 21.8 Å². The first-order valence-electron chi connectivity index (χ1n) is 15.8. The number of hydrogen-bond acceptors (Lipinski definition) is 4. The summed E-state index contributed by atoms with van der Waals surface area (Å²) in [5.41, 5.74) is 2.64. The standard InChI is InChI=1S/C34H46ClN3O4S/c1-5-23(3)36-33(40)31(6-2)37(21-27-9-7-8-10-30(27)35)32(39)22-38(43(4,41)42)29-13-11-28(12-14-29)34-18-24-15-25(19-34)17-26(16-24)20-34/h7-14,23-26,31H,5-6,15-22H2,1-4H3,(H,36,40)/t23-,24?,25?,26?,31+,34?/m1/s1. The molecule has 0 saturated heterocycles. The van der Waals surface area contributed by atoms with E-state index in [0.29, 0.717) is 22.7 Å². The van der Waals surface area contributed by atoms with Crippen molar-refractivity contribution in [3.05, 3.63) is 64.7 Å². The number of rotatable bonds is 12. The molecule has 7 nitrogen and oxygen atoms in total. The van der Waals surface area contributed by atoms with E-state index >= 15 is 0 Å². The molecule has 0 heterocycles. The average Bonchev–Trinajstić information content (AvgIpc) is 2.95. The Morgan fingerprint density at radius 1 is 0.953 bits per heavy atom. The maximum atomic E-state index is 14.0. The molecule has 4 saturated carbocycles. The van der Waals surface area contributed by atoms with Gasteiger partial charge in [-0.2, -0.15) is 0 Å². The summed E-state index contributed by atoms with van der Waals surface area (Å²) in [6.07, 6.45) is 10.0. The summed E-state index contributed by atoms with van der Waals surface area (Å²) in [4.78, 5) is 28.9. The molecular formula is C34H46ClN3O4S. The zero-order chi connectivity index (χ0) is 30.9. The predicted octanol–water partition coefficient (Wildman–Crippen LogP) is 6.30. The molecule has 0 spiro atoms. The van der Waals surface area contributed by atoms with Crippen LogP contribution in [0.4, 0.5) is 5.69 Å². The molecule has 4 aliphatic rings. The number of halogens is 1. The van der Waals surface area contributed by atoms with Gasteiger partial charge in [-0.1, -0.05) is 55.8 Å². The third-order valence-electron chi connectivity index (χ3n) is 10.2. The second-order valence-corrected chi connectivity index (χ2v) is 15.7. The van der Waals surface area contributed by atoms with Crippen LogP contribution in [0.3, 0.4) is 0 Å². The van der Waals surface area contributed by atoms with E-state index in [-0.39, 0.29) is 23.9 Å². The molecule has 0 radical (unpaired) electrons. The zero-order valence-corrected chi connectivity index (χ0v) is 27.5. The molecule has 0 aliphatic heterocycles. The Morgan fingerprint density at radius 2 is 1.53 bits per heavy atom. The molecule has 0 unspecified atom stereocenters. The monoisotopic (exact) mass is 627 g/mol. The minimum Gasteiger partial charge on any atom is -0.352 e. The predicted molar refractivity (Wildman–Crippen MR) is 172 cm³/mol. The third kappa shape index (κ3) is 6.90. The highest BCUT2D eigenvalue weighted by molar-refractivity contribution is 7.92. The van der Waals surface area contributed by atoms with Crippen molar-refractivity contribution in [2.75, 3.05) is 17.1 Å². The van der Waals surface area contributed by atoms with E-state index in [9.17, 15) is 18.0 Å². The Kier molecular flexibility index (Phi) is 9.48. The van der Waals surface area contributed by atoms with E-state index in [4.69, 9.17) is 11.6 Å². The Bertz CT molecular complexity index is 1390.